The van der Waals surface area contributed by atoms with Crippen molar-refractivity contribution in [3.63, 3.8) is 0 Å². The zero-order valence-corrected chi connectivity index (χ0v) is 39.1. The number of hydrogen-bond acceptors (Lipinski definition) is 8. The minimum Gasteiger partial charge on any atom is -0.354 e. The van der Waals surface area contributed by atoms with Gasteiger partial charge >= 0.3 is 0 Å². The van der Waals surface area contributed by atoms with Crippen molar-refractivity contribution in [1.29, 1.82) is 0 Å². The fourth-order valence-corrected chi connectivity index (χ4v) is 10.5. The lowest BCUT2D eigenvalue weighted by Crippen LogP contribution is -1.98. The Labute approximate surface area is 389 Å². The van der Waals surface area contributed by atoms with Crippen LogP contribution in [0.3, 0.4) is 0 Å². The smallest absolute Gasteiger partial charge is 0.294 e. The van der Waals surface area contributed by atoms with Gasteiger partial charge in [-0.3, -0.25) is 13.7 Å². The Hall–Kier alpha value is -6.19. The highest BCUT2D eigenvalue weighted by molar-refractivity contribution is 7.86. The molecule has 67 heavy (non-hydrogen) atoms. The molecule has 0 saturated carbocycles. The van der Waals surface area contributed by atoms with Crippen LogP contribution >= 0.6 is 0 Å². The first-order valence-electron chi connectivity index (χ1n) is 22.4. The lowest BCUT2D eigenvalue weighted by Gasteiger charge is -2.03. The summed E-state index contributed by atoms with van der Waals surface area (Å²) in [5.41, 5.74) is 6.30. The molecule has 16 heteroatoms. The minimum absolute atomic E-state index is 0.330. The van der Waals surface area contributed by atoms with Crippen LogP contribution in [0.4, 0.5) is 0 Å². The third kappa shape index (κ3) is 9.80. The average Bonchev–Trinajstić information content (AvgIpc) is 4.02. The number of aromatic nitrogens is 4. The summed E-state index contributed by atoms with van der Waals surface area (Å²) in [6.45, 7) is 2.24. The van der Waals surface area contributed by atoms with Gasteiger partial charge in [0.25, 0.3) is 30.4 Å². The number of rotatable bonds is 14. The summed E-state index contributed by atoms with van der Waals surface area (Å²) >= 11 is 0. The number of aromatic amines is 2. The number of nitrogens with one attached hydrogen (secondary N) is 2. The topological polar surface area (TPSA) is 220 Å². The molecule has 13 nitrogen and oxygen atoms in total. The average molecular weight is 957 g/mol. The summed E-state index contributed by atoms with van der Waals surface area (Å²) in [7, 11) is -13.9. The molecule has 2 aliphatic heterocycles. The Balaban J connectivity index is 1.21. The molecular formula is C51H48N4O9S3. The summed E-state index contributed by atoms with van der Waals surface area (Å²) in [6, 6.07) is 25.3. The molecule has 3 aromatic heterocycles. The van der Waals surface area contributed by atoms with Gasteiger partial charge in [0.05, 0.1) is 37.5 Å². The van der Waals surface area contributed by atoms with Crippen LogP contribution in [0.2, 0.25) is 0 Å². The molecule has 0 unspecified atom stereocenters. The predicted octanol–water partition coefficient (Wildman–Crippen LogP) is 12.1. The van der Waals surface area contributed by atoms with Crippen LogP contribution in [0.5, 0.6) is 0 Å². The van der Waals surface area contributed by atoms with E-state index in [9.17, 15) is 38.9 Å². The van der Waals surface area contributed by atoms with E-state index >= 15 is 0 Å². The van der Waals surface area contributed by atoms with Gasteiger partial charge in [-0.15, -0.1) is 0 Å². The van der Waals surface area contributed by atoms with Gasteiger partial charge < -0.3 is 9.97 Å². The van der Waals surface area contributed by atoms with E-state index in [4.69, 9.17) is 9.97 Å². The first kappa shape index (κ1) is 45.9. The number of benzene rings is 4. The maximum absolute atomic E-state index is 12.4. The molecule has 7 aromatic rings. The molecule has 8 bridgehead atoms. The Morgan fingerprint density at radius 3 is 1.30 bits per heavy atom. The maximum Gasteiger partial charge on any atom is 0.294 e. The Bertz CT molecular complexity index is 3680. The van der Waals surface area contributed by atoms with E-state index in [1.54, 1.807) is 24.3 Å². The van der Waals surface area contributed by atoms with E-state index in [0.29, 0.717) is 77.9 Å². The van der Waals surface area contributed by atoms with Crippen molar-refractivity contribution >= 4 is 74.0 Å². The van der Waals surface area contributed by atoms with Crippen LogP contribution < -0.4 is 0 Å². The summed E-state index contributed by atoms with van der Waals surface area (Å²) < 4.78 is 105. The van der Waals surface area contributed by atoms with Gasteiger partial charge in [-0.25, -0.2) is 9.97 Å². The van der Waals surface area contributed by atoms with E-state index < -0.39 is 30.4 Å². The first-order chi connectivity index (χ1) is 32.0. The molecular weight excluding hydrogens is 909 g/mol. The van der Waals surface area contributed by atoms with Crippen molar-refractivity contribution in [2.75, 3.05) is 0 Å². The molecule has 0 atom stereocenters. The molecule has 0 spiro atoms. The third-order valence-corrected chi connectivity index (χ3v) is 15.0. The second-order valence-electron chi connectivity index (χ2n) is 17.1. The molecule has 5 heterocycles. The Kier molecular flexibility index (Phi) is 12.7. The van der Waals surface area contributed by atoms with Gasteiger partial charge in [0.1, 0.15) is 0 Å². The number of nitrogens with zero attached hydrogens (tertiary/aromatic N) is 2. The van der Waals surface area contributed by atoms with E-state index in [0.717, 1.165) is 35.6 Å². The SMILES string of the molecule is CCCCCCCCCCCCCC#Cc1ccc2c3cc4nc(cc5[nH]c(cc6nc(cc([nH]3)c2c1)-c1ccc(S(=O)(=O)O)cc1-6)c1ccc(S(=O)(=O)O)cc51)-c1ccc(S(=O)(=O)O)cc1-4. The maximum atomic E-state index is 12.4. The largest absolute Gasteiger partial charge is 0.354 e. The standard InChI is InChI=1S/C51H48N4O9S3/c1-2-3-4-5-6-7-8-9-10-11-12-13-14-15-32-16-20-36-40(24-32)48-28-45-37-21-17-33(65(56,57)58)25-41(37)50(53-45)30-47-39-23-19-35(67(62,63)64)27-43(39)51(55-47)31-46-38-22-18-34(66(59,60)61)26-42(38)49(54-46)29-44(36)52-48/h16-31,52,55H,2-13H2,1H3,(H,56,57,58)(H,59,60,61)(H,62,63,64). The lowest BCUT2D eigenvalue weighted by molar-refractivity contribution is 0.481. The molecule has 0 amide bonds. The second kappa shape index (κ2) is 18.5. The van der Waals surface area contributed by atoms with Gasteiger partial charge in [-0.1, -0.05) is 107 Å². The van der Waals surface area contributed by atoms with E-state index in [1.807, 2.05) is 24.3 Å². The normalized spacial score (nSPS) is 12.5. The zero-order chi connectivity index (χ0) is 47.1. The van der Waals surface area contributed by atoms with E-state index in [2.05, 4.69) is 28.7 Å². The molecule has 0 radical (unpaired) electrons. The van der Waals surface area contributed by atoms with Crippen LogP contribution in [0.1, 0.15) is 89.5 Å². The Morgan fingerprint density at radius 2 is 0.821 bits per heavy atom. The third-order valence-electron chi connectivity index (χ3n) is 12.4. The van der Waals surface area contributed by atoms with Crippen molar-refractivity contribution in [1.82, 2.24) is 19.9 Å². The summed E-state index contributed by atoms with van der Waals surface area (Å²) in [5.74, 6) is 6.70. The van der Waals surface area contributed by atoms with Crippen LogP contribution in [0.25, 0.3) is 88.6 Å². The molecule has 9 rings (SSSR count). The van der Waals surface area contributed by atoms with Gasteiger partial charge in [0.15, 0.2) is 0 Å². The summed E-state index contributed by atoms with van der Waals surface area (Å²) in [6.07, 6.45) is 14.6. The summed E-state index contributed by atoms with van der Waals surface area (Å²) in [4.78, 5) is 15.8. The van der Waals surface area contributed by atoms with Crippen molar-refractivity contribution in [3.8, 4) is 56.9 Å². The highest BCUT2D eigenvalue weighted by atomic mass is 32.2. The van der Waals surface area contributed by atoms with Gasteiger partial charge in [0, 0.05) is 77.8 Å². The van der Waals surface area contributed by atoms with Crippen LogP contribution in [-0.4, -0.2) is 58.8 Å². The molecule has 0 fully saturated rings. The first-order valence-corrected chi connectivity index (χ1v) is 26.7. The van der Waals surface area contributed by atoms with Crippen LogP contribution in [0.15, 0.2) is 112 Å². The number of H-pyrrole nitrogens is 2. The minimum atomic E-state index is -4.63. The highest BCUT2D eigenvalue weighted by Crippen LogP contribution is 2.42. The molecule has 4 aromatic carbocycles. The van der Waals surface area contributed by atoms with Crippen molar-refractivity contribution < 1.29 is 38.9 Å². The summed E-state index contributed by atoms with van der Waals surface area (Å²) in [5, 5.41) is 2.47. The van der Waals surface area contributed by atoms with Gasteiger partial charge in [-0.05, 0) is 79.2 Å². The monoisotopic (exact) mass is 956 g/mol. The van der Waals surface area contributed by atoms with Gasteiger partial charge in [-0.2, -0.15) is 25.3 Å². The lowest BCUT2D eigenvalue weighted by atomic mass is 10.0. The van der Waals surface area contributed by atoms with Crippen LogP contribution in [0, 0.1) is 11.8 Å². The zero-order valence-electron chi connectivity index (χ0n) is 36.6. The highest BCUT2D eigenvalue weighted by Gasteiger charge is 2.24. The van der Waals surface area contributed by atoms with Crippen LogP contribution in [-0.2, 0) is 30.4 Å². The fraction of sp³-hybridized carbons (Fsp3) is 0.255. The molecule has 5 N–H and O–H groups in total. The van der Waals surface area contributed by atoms with Crippen molar-refractivity contribution in [3.05, 3.63) is 103 Å². The van der Waals surface area contributed by atoms with Gasteiger partial charge in [0.2, 0.25) is 0 Å². The van der Waals surface area contributed by atoms with E-state index in [-0.39, 0.29) is 14.7 Å². The molecule has 344 valence electrons. The second-order valence-corrected chi connectivity index (χ2v) is 21.4. The predicted molar refractivity (Wildman–Crippen MR) is 262 cm³/mol. The molecule has 0 aliphatic carbocycles. The molecule has 0 saturated heterocycles. The van der Waals surface area contributed by atoms with Crippen molar-refractivity contribution in [2.24, 2.45) is 0 Å². The Morgan fingerprint density at radius 1 is 0.433 bits per heavy atom. The fourth-order valence-electron chi connectivity index (χ4n) is 9.00. The van der Waals surface area contributed by atoms with Crippen molar-refractivity contribution in [2.45, 2.75) is 98.7 Å². The molecule has 2 aliphatic rings. The number of unbranched alkanes of at least 4 members (excludes halogenated alkanes) is 11. The number of hydrogen-bond donors (Lipinski definition) is 5. The van der Waals surface area contributed by atoms with E-state index in [1.165, 1.54) is 106 Å². The quantitative estimate of drug-likeness (QED) is 0.0392. The number of fused-ring (bicyclic) bond motifs is 20.